The van der Waals surface area contributed by atoms with Crippen molar-refractivity contribution >= 4 is 22.5 Å². The van der Waals surface area contributed by atoms with Gasteiger partial charge in [-0.1, -0.05) is 19.9 Å². The first-order chi connectivity index (χ1) is 14.1. The molecule has 0 atom stereocenters. The predicted octanol–water partition coefficient (Wildman–Crippen LogP) is 4.45. The summed E-state index contributed by atoms with van der Waals surface area (Å²) < 4.78 is 0. The highest BCUT2D eigenvalue weighted by molar-refractivity contribution is 5.90. The summed E-state index contributed by atoms with van der Waals surface area (Å²) >= 11 is 0. The normalized spacial score (nSPS) is 15.9. The molecule has 3 aromatic heterocycles. The number of nitrogens with one attached hydrogen (secondary N) is 3. The topological polar surface area (TPSA) is 68.9 Å². The van der Waals surface area contributed by atoms with Crippen molar-refractivity contribution < 1.29 is 0 Å². The van der Waals surface area contributed by atoms with Gasteiger partial charge in [0.15, 0.2) is 0 Å². The molecule has 1 aliphatic heterocycles. The van der Waals surface area contributed by atoms with Crippen LogP contribution in [0.4, 0.5) is 11.5 Å². The number of piperidine rings is 1. The maximum Gasteiger partial charge on any atom is 0.139 e. The van der Waals surface area contributed by atoms with E-state index in [0.717, 1.165) is 41.5 Å². The fourth-order valence-electron chi connectivity index (χ4n) is 3.86. The predicted molar refractivity (Wildman–Crippen MR) is 120 cm³/mol. The Labute approximate surface area is 173 Å². The molecular formula is C23H32N6. The highest BCUT2D eigenvalue weighted by atomic mass is 15.1. The molecule has 1 saturated heterocycles. The van der Waals surface area contributed by atoms with Crippen molar-refractivity contribution in [3.8, 4) is 0 Å². The second-order valence-electron chi connectivity index (χ2n) is 8.53. The van der Waals surface area contributed by atoms with Crippen molar-refractivity contribution in [1.82, 2.24) is 19.9 Å². The zero-order valence-corrected chi connectivity index (χ0v) is 17.7. The highest BCUT2D eigenvalue weighted by Crippen LogP contribution is 2.26. The number of hydrogen-bond acceptors (Lipinski definition) is 5. The Balaban J connectivity index is 1.33. The summed E-state index contributed by atoms with van der Waals surface area (Å²) in [4.78, 5) is 14.9. The van der Waals surface area contributed by atoms with E-state index in [0.29, 0.717) is 5.92 Å². The highest BCUT2D eigenvalue weighted by Gasteiger charge is 2.16. The Morgan fingerprint density at radius 2 is 1.97 bits per heavy atom. The summed E-state index contributed by atoms with van der Waals surface area (Å²) in [6, 6.07) is 8.46. The van der Waals surface area contributed by atoms with Crippen LogP contribution in [0.2, 0.25) is 0 Å². The van der Waals surface area contributed by atoms with Gasteiger partial charge >= 0.3 is 0 Å². The van der Waals surface area contributed by atoms with Gasteiger partial charge in [-0.2, -0.15) is 0 Å². The Morgan fingerprint density at radius 3 is 2.69 bits per heavy atom. The van der Waals surface area contributed by atoms with Gasteiger partial charge in [-0.25, -0.2) is 9.97 Å². The van der Waals surface area contributed by atoms with E-state index < -0.39 is 0 Å². The van der Waals surface area contributed by atoms with Crippen molar-refractivity contribution in [2.75, 3.05) is 37.3 Å². The first-order valence-corrected chi connectivity index (χ1v) is 10.7. The van der Waals surface area contributed by atoms with Crippen LogP contribution in [0, 0.1) is 5.92 Å². The van der Waals surface area contributed by atoms with Crippen molar-refractivity contribution in [1.29, 1.82) is 0 Å². The van der Waals surface area contributed by atoms with E-state index in [2.05, 4.69) is 69.6 Å². The van der Waals surface area contributed by atoms with Crippen molar-refractivity contribution in [3.05, 3.63) is 47.9 Å². The van der Waals surface area contributed by atoms with Gasteiger partial charge in [0.25, 0.3) is 0 Å². The summed E-state index contributed by atoms with van der Waals surface area (Å²) in [5, 5.41) is 8.18. The molecule has 0 aromatic carbocycles. The number of likely N-dealkylation sites (tertiary alicyclic amines) is 1. The molecule has 4 heterocycles. The Bertz CT molecular complexity index is 922. The minimum Gasteiger partial charge on any atom is -0.380 e. The van der Waals surface area contributed by atoms with Crippen LogP contribution in [0.15, 0.2) is 36.7 Å². The lowest BCUT2D eigenvalue weighted by molar-refractivity contribution is 0.226. The van der Waals surface area contributed by atoms with E-state index in [9.17, 15) is 0 Å². The van der Waals surface area contributed by atoms with Gasteiger partial charge in [0.05, 0.1) is 0 Å². The summed E-state index contributed by atoms with van der Waals surface area (Å²) in [5.74, 6) is 2.17. The third-order valence-corrected chi connectivity index (χ3v) is 5.89. The van der Waals surface area contributed by atoms with Gasteiger partial charge in [-0.05, 0) is 68.6 Å². The molecular weight excluding hydrogens is 360 g/mol. The standard InChI is InChI=1S/C23H32N6/c1-16(2)21-12-19-20(6-9-24-23(19)28-21)25-14-18-4-5-22(27-15-18)26-13-17-7-10-29(3)11-8-17/h4-6,9,12,15-17H,7-8,10-11,13-14H2,1-3H3,(H,26,27)(H2,24,25,28). The largest absolute Gasteiger partial charge is 0.380 e. The van der Waals surface area contributed by atoms with Crippen LogP contribution in [0.1, 0.15) is 43.9 Å². The molecule has 4 rings (SSSR count). The van der Waals surface area contributed by atoms with Crippen molar-refractivity contribution in [3.63, 3.8) is 0 Å². The van der Waals surface area contributed by atoms with Crippen LogP contribution in [-0.2, 0) is 6.54 Å². The number of hydrogen-bond donors (Lipinski definition) is 3. The number of rotatable bonds is 7. The zero-order chi connectivity index (χ0) is 20.2. The van der Waals surface area contributed by atoms with E-state index in [1.165, 1.54) is 37.2 Å². The average Bonchev–Trinajstić information content (AvgIpc) is 3.18. The van der Waals surface area contributed by atoms with Crippen LogP contribution in [0.25, 0.3) is 11.0 Å². The number of pyridine rings is 2. The van der Waals surface area contributed by atoms with Crippen LogP contribution < -0.4 is 10.6 Å². The molecule has 29 heavy (non-hydrogen) atoms. The summed E-state index contributed by atoms with van der Waals surface area (Å²) in [7, 11) is 2.20. The maximum absolute atomic E-state index is 4.60. The quantitative estimate of drug-likeness (QED) is 0.554. The smallest absolute Gasteiger partial charge is 0.139 e. The second kappa shape index (κ2) is 8.82. The summed E-state index contributed by atoms with van der Waals surface area (Å²) in [5.41, 5.74) is 4.41. The second-order valence-corrected chi connectivity index (χ2v) is 8.53. The van der Waals surface area contributed by atoms with Crippen LogP contribution in [0.3, 0.4) is 0 Å². The molecule has 1 aliphatic rings. The molecule has 1 fully saturated rings. The fourth-order valence-corrected chi connectivity index (χ4v) is 3.86. The molecule has 0 spiro atoms. The monoisotopic (exact) mass is 392 g/mol. The zero-order valence-electron chi connectivity index (χ0n) is 17.7. The maximum atomic E-state index is 4.60. The van der Waals surface area contributed by atoms with Gasteiger partial charge in [0.2, 0.25) is 0 Å². The van der Waals surface area contributed by atoms with Crippen molar-refractivity contribution in [2.45, 2.75) is 39.2 Å². The van der Waals surface area contributed by atoms with Gasteiger partial charge in [0, 0.05) is 42.3 Å². The SMILES string of the molecule is CC(C)c1cc2c(NCc3ccc(NCC4CCN(C)CC4)nc3)ccnc2[nH]1. The lowest BCUT2D eigenvalue weighted by Gasteiger charge is -2.29. The fraction of sp³-hybridized carbons (Fsp3) is 0.478. The third-order valence-electron chi connectivity index (χ3n) is 5.89. The number of aromatic nitrogens is 3. The molecule has 6 nitrogen and oxygen atoms in total. The lowest BCUT2D eigenvalue weighted by Crippen LogP contribution is -2.33. The van der Waals surface area contributed by atoms with Crippen molar-refractivity contribution in [2.24, 2.45) is 5.92 Å². The van der Waals surface area contributed by atoms with E-state index in [4.69, 9.17) is 0 Å². The average molecular weight is 393 g/mol. The molecule has 0 aliphatic carbocycles. The van der Waals surface area contributed by atoms with Crippen LogP contribution >= 0.6 is 0 Å². The summed E-state index contributed by atoms with van der Waals surface area (Å²) in [6.07, 6.45) is 6.34. The summed E-state index contributed by atoms with van der Waals surface area (Å²) in [6.45, 7) is 8.53. The number of fused-ring (bicyclic) bond motifs is 1. The minimum absolute atomic E-state index is 0.454. The molecule has 3 N–H and O–H groups in total. The number of H-pyrrole nitrogens is 1. The molecule has 0 radical (unpaired) electrons. The lowest BCUT2D eigenvalue weighted by atomic mass is 9.97. The van der Waals surface area contributed by atoms with Gasteiger partial charge in [-0.3, -0.25) is 0 Å². The number of aromatic amines is 1. The molecule has 0 unspecified atom stereocenters. The van der Waals surface area contributed by atoms with Gasteiger partial charge in [0.1, 0.15) is 11.5 Å². The van der Waals surface area contributed by atoms with E-state index in [1.807, 2.05) is 18.5 Å². The Morgan fingerprint density at radius 1 is 1.14 bits per heavy atom. The Hall–Kier alpha value is -2.60. The Kier molecular flexibility index (Phi) is 6.00. The third kappa shape index (κ3) is 4.88. The molecule has 3 aromatic rings. The van der Waals surface area contributed by atoms with Crippen LogP contribution in [0.5, 0.6) is 0 Å². The molecule has 0 saturated carbocycles. The minimum atomic E-state index is 0.454. The van der Waals surface area contributed by atoms with Crippen LogP contribution in [-0.4, -0.2) is 46.5 Å². The van der Waals surface area contributed by atoms with Gasteiger partial charge in [-0.15, -0.1) is 0 Å². The van der Waals surface area contributed by atoms with E-state index in [-0.39, 0.29) is 0 Å². The molecule has 154 valence electrons. The number of anilines is 2. The van der Waals surface area contributed by atoms with E-state index >= 15 is 0 Å². The molecule has 0 amide bonds. The molecule has 0 bridgehead atoms. The molecule has 6 heteroatoms. The first kappa shape index (κ1) is 19.7. The van der Waals surface area contributed by atoms with E-state index in [1.54, 1.807) is 0 Å². The first-order valence-electron chi connectivity index (χ1n) is 10.7. The van der Waals surface area contributed by atoms with Gasteiger partial charge < -0.3 is 20.5 Å². The number of nitrogens with zero attached hydrogens (tertiary/aromatic N) is 3.